The van der Waals surface area contributed by atoms with Gasteiger partial charge in [0.15, 0.2) is 4.47 Å². The van der Waals surface area contributed by atoms with Crippen molar-refractivity contribution in [2.75, 3.05) is 18.5 Å². The number of anilines is 1. The van der Waals surface area contributed by atoms with Crippen LogP contribution in [0.2, 0.25) is 4.47 Å². The molecule has 126 valence electrons. The van der Waals surface area contributed by atoms with E-state index in [4.69, 9.17) is 16.0 Å². The molecule has 0 fully saturated rings. The van der Waals surface area contributed by atoms with E-state index in [0.717, 1.165) is 4.88 Å². The lowest BCUT2D eigenvalue weighted by molar-refractivity contribution is -0.346. The van der Waals surface area contributed by atoms with E-state index in [0.29, 0.717) is 35.7 Å². The van der Waals surface area contributed by atoms with Gasteiger partial charge in [-0.3, -0.25) is 4.99 Å². The minimum Gasteiger partial charge on any atom is -0.443 e. The number of halogens is 1. The van der Waals surface area contributed by atoms with Gasteiger partial charge in [0.1, 0.15) is 5.76 Å². The van der Waals surface area contributed by atoms with E-state index in [-0.39, 0.29) is 11.7 Å². The summed E-state index contributed by atoms with van der Waals surface area (Å²) in [7, 11) is 0. The number of thiazole rings is 1. The summed E-state index contributed by atoms with van der Waals surface area (Å²) in [6.07, 6.45) is 1.65. The van der Waals surface area contributed by atoms with Crippen molar-refractivity contribution in [1.82, 2.24) is 9.88 Å². The molecule has 0 saturated carbocycles. The summed E-state index contributed by atoms with van der Waals surface area (Å²) in [6.45, 7) is 3.24. The van der Waals surface area contributed by atoms with Crippen molar-refractivity contribution in [3.63, 3.8) is 0 Å². The predicted octanol–water partition coefficient (Wildman–Crippen LogP) is 2.61. The number of nitrogens with zero attached hydrogens (tertiary/aromatic N) is 5. The summed E-state index contributed by atoms with van der Waals surface area (Å²) in [5.41, 5.74) is 2.55. The average Bonchev–Trinajstić information content (AvgIpc) is 3.23. The molecular weight excluding hydrogens is 356 g/mol. The molecule has 0 aliphatic carbocycles. The molecule has 1 aliphatic rings. The molecule has 3 rings (SSSR count). The molecule has 11 heteroatoms. The molecule has 2 aromatic rings. The van der Waals surface area contributed by atoms with Gasteiger partial charge in [0, 0.05) is 23.7 Å². The van der Waals surface area contributed by atoms with Crippen LogP contribution in [0.3, 0.4) is 0 Å². The first-order valence-corrected chi connectivity index (χ1v) is 8.17. The Morgan fingerprint density at radius 2 is 2.46 bits per heavy atom. The molecule has 3 heterocycles. The molecule has 24 heavy (non-hydrogen) atoms. The third-order valence-electron chi connectivity index (χ3n) is 3.19. The first-order chi connectivity index (χ1) is 11.5. The van der Waals surface area contributed by atoms with E-state index < -0.39 is 4.92 Å². The molecule has 0 radical (unpaired) electrons. The summed E-state index contributed by atoms with van der Waals surface area (Å²) < 4.78 is 5.72. The Morgan fingerprint density at radius 3 is 3.08 bits per heavy atom. The Balaban J connectivity index is 1.77. The molecule has 0 amide bonds. The standard InChI is InChI=1S/C13H13ClN6O3S/c1-8-2-3-10(23-8)17-18-12(20(21)22)11-15-4-5-19(11)7-9-6-16-13(14)24-9/h2-3,6,17H,4-5,7H2,1H3. The van der Waals surface area contributed by atoms with E-state index in [9.17, 15) is 10.1 Å². The second-order valence-electron chi connectivity index (χ2n) is 4.92. The van der Waals surface area contributed by atoms with Crippen LogP contribution >= 0.6 is 22.9 Å². The molecule has 1 N–H and O–H groups in total. The molecule has 0 saturated heterocycles. The van der Waals surface area contributed by atoms with Gasteiger partial charge in [0.2, 0.25) is 11.7 Å². The van der Waals surface area contributed by atoms with Crippen LogP contribution in [-0.2, 0) is 6.54 Å². The van der Waals surface area contributed by atoms with E-state index >= 15 is 0 Å². The Hall–Kier alpha value is -2.46. The van der Waals surface area contributed by atoms with Crippen LogP contribution in [0, 0.1) is 17.0 Å². The van der Waals surface area contributed by atoms with E-state index in [2.05, 4.69) is 20.5 Å². The minimum absolute atomic E-state index is 0.223. The number of furan rings is 1. The van der Waals surface area contributed by atoms with Gasteiger partial charge < -0.3 is 19.4 Å². The molecule has 2 aromatic heterocycles. The first kappa shape index (κ1) is 16.4. The zero-order chi connectivity index (χ0) is 17.1. The van der Waals surface area contributed by atoms with Gasteiger partial charge in [-0.15, -0.1) is 11.3 Å². The second-order valence-corrected chi connectivity index (χ2v) is 6.62. The topological polar surface area (TPSA) is 109 Å². The highest BCUT2D eigenvalue weighted by Crippen LogP contribution is 2.21. The van der Waals surface area contributed by atoms with Crippen LogP contribution < -0.4 is 5.43 Å². The highest BCUT2D eigenvalue weighted by atomic mass is 35.5. The Kier molecular flexibility index (Phi) is 4.76. The van der Waals surface area contributed by atoms with Gasteiger partial charge in [-0.25, -0.2) is 4.98 Å². The molecule has 0 unspecified atom stereocenters. The summed E-state index contributed by atoms with van der Waals surface area (Å²) >= 11 is 7.15. The van der Waals surface area contributed by atoms with Crippen molar-refractivity contribution in [2.45, 2.75) is 13.5 Å². The number of nitrogens with one attached hydrogen (secondary N) is 1. The number of hydrogen-bond acceptors (Lipinski definition) is 9. The lowest BCUT2D eigenvalue weighted by Crippen LogP contribution is -2.37. The van der Waals surface area contributed by atoms with Gasteiger partial charge in [0.05, 0.1) is 18.2 Å². The predicted molar refractivity (Wildman–Crippen MR) is 91.3 cm³/mol. The van der Waals surface area contributed by atoms with Crippen molar-refractivity contribution in [2.24, 2.45) is 10.1 Å². The smallest absolute Gasteiger partial charge is 0.430 e. The van der Waals surface area contributed by atoms with Crippen molar-refractivity contribution in [3.8, 4) is 0 Å². The molecule has 0 atom stereocenters. The van der Waals surface area contributed by atoms with Gasteiger partial charge in [0.25, 0.3) is 0 Å². The maximum absolute atomic E-state index is 11.4. The Labute approximate surface area is 145 Å². The lowest BCUT2D eigenvalue weighted by atomic mass is 10.4. The summed E-state index contributed by atoms with van der Waals surface area (Å²) in [5.74, 6) is 0.862. The number of aromatic nitrogens is 1. The van der Waals surface area contributed by atoms with Crippen LogP contribution in [0.5, 0.6) is 0 Å². The summed E-state index contributed by atoms with van der Waals surface area (Å²) in [5, 5.41) is 15.2. The lowest BCUT2D eigenvalue weighted by Gasteiger charge is -2.16. The minimum atomic E-state index is -0.570. The maximum Gasteiger partial charge on any atom is 0.430 e. The summed E-state index contributed by atoms with van der Waals surface area (Å²) in [6, 6.07) is 3.38. The summed E-state index contributed by atoms with van der Waals surface area (Å²) in [4.78, 5) is 21.7. The fourth-order valence-electron chi connectivity index (χ4n) is 2.17. The van der Waals surface area contributed by atoms with Crippen LogP contribution in [0.1, 0.15) is 10.6 Å². The number of aryl methyl sites for hydroxylation is 1. The van der Waals surface area contributed by atoms with E-state index in [1.54, 1.807) is 30.2 Å². The number of rotatable bonds is 5. The quantitative estimate of drug-likeness (QED) is 0.376. The Morgan fingerprint density at radius 1 is 1.62 bits per heavy atom. The van der Waals surface area contributed by atoms with Crippen molar-refractivity contribution < 1.29 is 9.34 Å². The monoisotopic (exact) mass is 368 g/mol. The molecule has 0 bridgehead atoms. The van der Waals surface area contributed by atoms with E-state index in [1.807, 2.05) is 0 Å². The third kappa shape index (κ3) is 3.71. The molecule has 9 nitrogen and oxygen atoms in total. The number of hydrogen-bond donors (Lipinski definition) is 1. The number of aliphatic imine (C=N–C) groups is 1. The van der Waals surface area contributed by atoms with Gasteiger partial charge in [-0.1, -0.05) is 11.6 Å². The van der Waals surface area contributed by atoms with Gasteiger partial charge >= 0.3 is 5.84 Å². The molecule has 0 spiro atoms. The molecular formula is C13H13ClN6O3S. The zero-order valence-corrected chi connectivity index (χ0v) is 14.2. The van der Waals surface area contributed by atoms with Crippen LogP contribution in [0.25, 0.3) is 0 Å². The highest BCUT2D eigenvalue weighted by Gasteiger charge is 2.31. The maximum atomic E-state index is 11.4. The average molecular weight is 369 g/mol. The SMILES string of the molecule is Cc1ccc(NN=C(C2=NCCN2Cc2cnc(Cl)s2)[N+](=O)[O-])o1. The number of nitro groups is 1. The van der Waals surface area contributed by atoms with Crippen molar-refractivity contribution >= 4 is 40.5 Å². The molecule has 1 aliphatic heterocycles. The largest absolute Gasteiger partial charge is 0.443 e. The Bertz CT molecular complexity index is 814. The van der Waals surface area contributed by atoms with Crippen molar-refractivity contribution in [3.05, 3.63) is 43.5 Å². The third-order valence-corrected chi connectivity index (χ3v) is 4.29. The van der Waals surface area contributed by atoms with Crippen molar-refractivity contribution in [1.29, 1.82) is 0 Å². The van der Waals surface area contributed by atoms with Crippen LogP contribution in [0.4, 0.5) is 5.88 Å². The number of hydrazone groups is 1. The van der Waals surface area contributed by atoms with Crippen LogP contribution in [-0.4, -0.2) is 39.6 Å². The molecule has 0 aromatic carbocycles. The van der Waals surface area contributed by atoms with E-state index in [1.165, 1.54) is 11.3 Å². The fourth-order valence-corrected chi connectivity index (χ4v) is 3.16. The van der Waals surface area contributed by atoms with Gasteiger partial charge in [-0.2, -0.15) is 5.43 Å². The highest BCUT2D eigenvalue weighted by molar-refractivity contribution is 7.15. The fraction of sp³-hybridized carbons (Fsp3) is 0.308. The van der Waals surface area contributed by atoms with Crippen LogP contribution in [0.15, 0.2) is 32.8 Å². The number of amidine groups is 2. The van der Waals surface area contributed by atoms with Gasteiger partial charge in [-0.05, 0) is 17.9 Å². The first-order valence-electron chi connectivity index (χ1n) is 6.97. The second kappa shape index (κ2) is 6.97. The zero-order valence-electron chi connectivity index (χ0n) is 12.6. The normalized spacial score (nSPS) is 14.8.